The standard InChI is InChI=1S/C25H31F2N3O3/c1-23(26,27)15-20(21(31)7-4-8-24(17-28)9-10-24)29-22(32)30-13-11-25(12-14-30)19-6-3-2-5-18(19)16-33-25/h2-3,5-6,20H,4,7-16H2,1H3,(H,29,32). The second-order valence-corrected chi connectivity index (χ2v) is 9.92. The van der Waals surface area contributed by atoms with E-state index in [-0.39, 0.29) is 11.8 Å². The summed E-state index contributed by atoms with van der Waals surface area (Å²) in [4.78, 5) is 27.2. The van der Waals surface area contributed by atoms with Gasteiger partial charge in [0.15, 0.2) is 5.78 Å². The first kappa shape index (κ1) is 23.6. The molecule has 1 unspecified atom stereocenters. The molecule has 178 valence electrons. The Hall–Kier alpha value is -2.53. The summed E-state index contributed by atoms with van der Waals surface area (Å²) in [6.45, 7) is 2.16. The van der Waals surface area contributed by atoms with E-state index in [2.05, 4.69) is 17.5 Å². The number of hydrogen-bond donors (Lipinski definition) is 1. The summed E-state index contributed by atoms with van der Waals surface area (Å²) in [6.07, 6.45) is 3.32. The number of nitrogens with zero attached hydrogens (tertiary/aromatic N) is 2. The zero-order valence-electron chi connectivity index (χ0n) is 19.0. The van der Waals surface area contributed by atoms with Gasteiger partial charge in [-0.2, -0.15) is 5.26 Å². The number of nitriles is 1. The van der Waals surface area contributed by atoms with Crippen LogP contribution in [0, 0.1) is 16.7 Å². The Labute approximate surface area is 193 Å². The third kappa shape index (κ3) is 5.35. The summed E-state index contributed by atoms with van der Waals surface area (Å²) in [6, 6.07) is 8.62. The fourth-order valence-corrected chi connectivity index (χ4v) is 5.06. The smallest absolute Gasteiger partial charge is 0.317 e. The molecule has 1 aromatic rings. The number of ketones is 1. The first-order valence-electron chi connectivity index (χ1n) is 11.8. The molecule has 33 heavy (non-hydrogen) atoms. The minimum Gasteiger partial charge on any atom is -0.365 e. The third-order valence-corrected chi connectivity index (χ3v) is 7.29. The van der Waals surface area contributed by atoms with Crippen LogP contribution in [0.2, 0.25) is 0 Å². The van der Waals surface area contributed by atoms with E-state index in [9.17, 15) is 23.6 Å². The zero-order chi connectivity index (χ0) is 23.7. The molecular weight excluding hydrogens is 428 g/mol. The van der Waals surface area contributed by atoms with Crippen molar-refractivity contribution in [2.45, 2.75) is 82.5 Å². The molecule has 2 fully saturated rings. The van der Waals surface area contributed by atoms with Crippen molar-refractivity contribution in [1.82, 2.24) is 10.2 Å². The van der Waals surface area contributed by atoms with Crippen LogP contribution in [-0.2, 0) is 21.7 Å². The molecule has 1 spiro atoms. The van der Waals surface area contributed by atoms with Crippen LogP contribution in [0.4, 0.5) is 13.6 Å². The van der Waals surface area contributed by atoms with E-state index in [0.717, 1.165) is 30.9 Å². The monoisotopic (exact) mass is 459 g/mol. The van der Waals surface area contributed by atoms with Gasteiger partial charge in [-0.05, 0) is 56.6 Å². The number of ether oxygens (including phenoxy) is 1. The number of carbonyl (C=O) groups excluding carboxylic acids is 2. The van der Waals surface area contributed by atoms with Crippen LogP contribution < -0.4 is 5.32 Å². The molecule has 2 amide bonds. The molecule has 0 bridgehead atoms. The SMILES string of the molecule is CC(F)(F)CC(NC(=O)N1CCC2(CC1)OCc1ccccc12)C(=O)CCCC1(C#N)CC1. The number of hydrogen-bond acceptors (Lipinski definition) is 4. The second-order valence-electron chi connectivity index (χ2n) is 9.92. The van der Waals surface area contributed by atoms with Gasteiger partial charge in [0, 0.05) is 25.9 Å². The number of nitrogens with one attached hydrogen (secondary N) is 1. The molecule has 1 N–H and O–H groups in total. The number of carbonyl (C=O) groups is 2. The maximum absolute atomic E-state index is 13.8. The normalized spacial score (nSPS) is 21.2. The minimum atomic E-state index is -3.08. The largest absolute Gasteiger partial charge is 0.365 e. The van der Waals surface area contributed by atoms with E-state index >= 15 is 0 Å². The van der Waals surface area contributed by atoms with Crippen LogP contribution in [0.25, 0.3) is 0 Å². The van der Waals surface area contributed by atoms with Crippen molar-refractivity contribution >= 4 is 11.8 Å². The van der Waals surface area contributed by atoms with Gasteiger partial charge in [0.25, 0.3) is 0 Å². The Bertz CT molecular complexity index is 941. The van der Waals surface area contributed by atoms with Crippen LogP contribution in [0.5, 0.6) is 0 Å². The molecule has 4 rings (SSSR count). The van der Waals surface area contributed by atoms with Crippen molar-refractivity contribution in [3.05, 3.63) is 35.4 Å². The summed E-state index contributed by atoms with van der Waals surface area (Å²) in [5.74, 6) is -3.48. The van der Waals surface area contributed by atoms with Gasteiger partial charge in [-0.1, -0.05) is 24.3 Å². The number of amides is 2. The lowest BCUT2D eigenvalue weighted by molar-refractivity contribution is -0.123. The average molecular weight is 460 g/mol. The number of fused-ring (bicyclic) bond motifs is 2. The molecule has 1 atom stereocenters. The summed E-state index contributed by atoms with van der Waals surface area (Å²) in [7, 11) is 0. The number of likely N-dealkylation sites (tertiary alicyclic amines) is 1. The van der Waals surface area contributed by atoms with Crippen molar-refractivity contribution < 1.29 is 23.1 Å². The lowest BCUT2D eigenvalue weighted by Crippen LogP contribution is -2.53. The molecule has 6 nitrogen and oxygen atoms in total. The van der Waals surface area contributed by atoms with Crippen molar-refractivity contribution in [1.29, 1.82) is 5.26 Å². The Morgan fingerprint density at radius 1 is 1.24 bits per heavy atom. The highest BCUT2D eigenvalue weighted by Gasteiger charge is 2.44. The first-order chi connectivity index (χ1) is 15.7. The predicted molar refractivity (Wildman–Crippen MR) is 117 cm³/mol. The Kier molecular flexibility index (Phi) is 6.45. The number of alkyl halides is 2. The van der Waals surface area contributed by atoms with Gasteiger partial charge in [0.05, 0.1) is 29.7 Å². The van der Waals surface area contributed by atoms with Gasteiger partial charge >= 0.3 is 6.03 Å². The summed E-state index contributed by atoms with van der Waals surface area (Å²) in [5.41, 5.74) is 1.59. The topological polar surface area (TPSA) is 82.4 Å². The number of rotatable bonds is 8. The Morgan fingerprint density at radius 3 is 2.58 bits per heavy atom. The second kappa shape index (κ2) is 9.02. The van der Waals surface area contributed by atoms with E-state index in [1.54, 1.807) is 4.90 Å². The quantitative estimate of drug-likeness (QED) is 0.612. The van der Waals surface area contributed by atoms with E-state index in [4.69, 9.17) is 4.74 Å². The Morgan fingerprint density at radius 2 is 1.94 bits per heavy atom. The van der Waals surface area contributed by atoms with Crippen LogP contribution in [0.15, 0.2) is 24.3 Å². The van der Waals surface area contributed by atoms with Crippen molar-refractivity contribution in [3.8, 4) is 6.07 Å². The molecule has 0 aromatic heterocycles. The molecule has 1 saturated heterocycles. The first-order valence-corrected chi connectivity index (χ1v) is 11.8. The number of Topliss-reactive ketones (excluding diaryl/α,β-unsaturated/α-hetero) is 1. The molecular formula is C25H31F2N3O3. The Balaban J connectivity index is 1.33. The minimum absolute atomic E-state index is 0.0815. The van der Waals surface area contributed by atoms with E-state index in [1.807, 2.05) is 18.2 Å². The molecule has 1 saturated carbocycles. The summed E-state index contributed by atoms with van der Waals surface area (Å²) in [5, 5.41) is 11.7. The summed E-state index contributed by atoms with van der Waals surface area (Å²) < 4.78 is 33.6. The molecule has 1 aliphatic carbocycles. The van der Waals surface area contributed by atoms with Gasteiger partial charge in [0.2, 0.25) is 5.92 Å². The average Bonchev–Trinajstić information content (AvgIpc) is 3.49. The number of urea groups is 1. The molecule has 2 heterocycles. The molecule has 2 aliphatic heterocycles. The fourth-order valence-electron chi connectivity index (χ4n) is 5.06. The van der Waals surface area contributed by atoms with Crippen LogP contribution in [0.1, 0.15) is 69.4 Å². The van der Waals surface area contributed by atoms with E-state index in [1.165, 1.54) is 0 Å². The number of halogens is 2. The molecule has 0 radical (unpaired) electrons. The van der Waals surface area contributed by atoms with E-state index < -0.39 is 35.8 Å². The van der Waals surface area contributed by atoms with E-state index in [0.29, 0.717) is 45.4 Å². The van der Waals surface area contributed by atoms with Gasteiger partial charge in [-0.25, -0.2) is 13.6 Å². The van der Waals surface area contributed by atoms with Crippen molar-refractivity contribution in [3.63, 3.8) is 0 Å². The number of piperidine rings is 1. The highest BCUT2D eigenvalue weighted by Crippen LogP contribution is 2.49. The van der Waals surface area contributed by atoms with Crippen LogP contribution >= 0.6 is 0 Å². The summed E-state index contributed by atoms with van der Waals surface area (Å²) >= 11 is 0. The fraction of sp³-hybridized carbons (Fsp3) is 0.640. The van der Waals surface area contributed by atoms with Gasteiger partial charge in [-0.3, -0.25) is 4.79 Å². The molecule has 1 aromatic carbocycles. The highest BCUT2D eigenvalue weighted by atomic mass is 19.3. The van der Waals surface area contributed by atoms with Gasteiger partial charge in [0.1, 0.15) is 0 Å². The lowest BCUT2D eigenvalue weighted by atomic mass is 9.84. The lowest BCUT2D eigenvalue weighted by Gasteiger charge is -2.39. The van der Waals surface area contributed by atoms with Crippen molar-refractivity contribution in [2.75, 3.05) is 13.1 Å². The maximum Gasteiger partial charge on any atom is 0.317 e. The predicted octanol–water partition coefficient (Wildman–Crippen LogP) is 4.67. The zero-order valence-corrected chi connectivity index (χ0v) is 19.0. The number of benzene rings is 1. The van der Waals surface area contributed by atoms with Crippen LogP contribution in [-0.4, -0.2) is 41.8 Å². The van der Waals surface area contributed by atoms with Crippen molar-refractivity contribution in [2.24, 2.45) is 5.41 Å². The maximum atomic E-state index is 13.8. The molecule has 3 aliphatic rings. The molecule has 8 heteroatoms. The van der Waals surface area contributed by atoms with Gasteiger partial charge in [-0.15, -0.1) is 0 Å². The highest BCUT2D eigenvalue weighted by molar-refractivity contribution is 5.88. The third-order valence-electron chi connectivity index (χ3n) is 7.29. The van der Waals surface area contributed by atoms with Crippen LogP contribution in [0.3, 0.4) is 0 Å². The van der Waals surface area contributed by atoms with Gasteiger partial charge < -0.3 is 15.0 Å².